The molecule has 0 aliphatic carbocycles. The molecule has 21 heavy (non-hydrogen) atoms. The Balaban J connectivity index is 2.04. The summed E-state index contributed by atoms with van der Waals surface area (Å²) in [6.45, 7) is 1.61. The summed E-state index contributed by atoms with van der Waals surface area (Å²) in [5.41, 5.74) is 0.420. The second-order valence-electron chi connectivity index (χ2n) is 4.20. The number of carbonyl (C=O) groups excluding carboxylic acids is 1. The molecule has 1 atom stereocenters. The molecule has 0 radical (unpaired) electrons. The Morgan fingerprint density at radius 3 is 2.52 bits per heavy atom. The van der Waals surface area contributed by atoms with E-state index in [0.29, 0.717) is 21.5 Å². The number of hydrogen-bond donors (Lipinski definition) is 1. The summed E-state index contributed by atoms with van der Waals surface area (Å²) >= 11 is 17.6. The quantitative estimate of drug-likeness (QED) is 0.833. The highest BCUT2D eigenvalue weighted by Crippen LogP contribution is 2.25. The minimum Gasteiger partial charge on any atom is -0.481 e. The van der Waals surface area contributed by atoms with E-state index >= 15 is 0 Å². The van der Waals surface area contributed by atoms with Gasteiger partial charge in [0.15, 0.2) is 11.3 Å². The van der Waals surface area contributed by atoms with Gasteiger partial charge < -0.3 is 10.1 Å². The van der Waals surface area contributed by atoms with Gasteiger partial charge in [0, 0.05) is 16.2 Å². The van der Waals surface area contributed by atoms with Gasteiger partial charge in [-0.05, 0) is 37.3 Å². The second kappa shape index (κ2) is 6.98. The second-order valence-corrected chi connectivity index (χ2v) is 5.43. The lowest BCUT2D eigenvalue weighted by Crippen LogP contribution is -2.30. The monoisotopic (exact) mass is 344 g/mol. The van der Waals surface area contributed by atoms with Crippen LogP contribution in [0.1, 0.15) is 6.92 Å². The van der Waals surface area contributed by atoms with Gasteiger partial charge >= 0.3 is 0 Å². The van der Waals surface area contributed by atoms with Crippen LogP contribution in [0, 0.1) is 0 Å². The lowest BCUT2D eigenvalue weighted by atomic mass is 10.3. The van der Waals surface area contributed by atoms with E-state index in [0.717, 1.165) is 0 Å². The molecule has 0 aliphatic heterocycles. The van der Waals surface area contributed by atoms with Crippen molar-refractivity contribution < 1.29 is 9.53 Å². The van der Waals surface area contributed by atoms with Gasteiger partial charge in [-0.25, -0.2) is 4.98 Å². The first kappa shape index (κ1) is 15.9. The molecule has 1 heterocycles. The van der Waals surface area contributed by atoms with E-state index in [1.165, 1.54) is 6.20 Å². The summed E-state index contributed by atoms with van der Waals surface area (Å²) in [4.78, 5) is 15.9. The standard InChI is InChI=1S/C14H11Cl3N2O2/c1-8(21-11-6-9(15)5-10(16)7-11)14(20)19-12-3-2-4-18-13(12)17/h2-8H,1H3,(H,19,20)/t8-/m1/s1. The highest BCUT2D eigenvalue weighted by Gasteiger charge is 2.16. The Morgan fingerprint density at radius 2 is 1.90 bits per heavy atom. The van der Waals surface area contributed by atoms with E-state index in [2.05, 4.69) is 10.3 Å². The van der Waals surface area contributed by atoms with Gasteiger partial charge in [0.2, 0.25) is 0 Å². The molecular formula is C14H11Cl3N2O2. The highest BCUT2D eigenvalue weighted by molar-refractivity contribution is 6.34. The van der Waals surface area contributed by atoms with Crippen molar-refractivity contribution in [1.29, 1.82) is 0 Å². The van der Waals surface area contributed by atoms with Crippen LogP contribution in [-0.2, 0) is 4.79 Å². The zero-order valence-electron chi connectivity index (χ0n) is 10.9. The van der Waals surface area contributed by atoms with Gasteiger partial charge in [0.05, 0.1) is 5.69 Å². The van der Waals surface area contributed by atoms with Crippen LogP contribution in [0.2, 0.25) is 15.2 Å². The van der Waals surface area contributed by atoms with E-state index < -0.39 is 6.10 Å². The Labute approximate surface area is 137 Å². The van der Waals surface area contributed by atoms with Crippen LogP contribution in [0.25, 0.3) is 0 Å². The third-order valence-electron chi connectivity index (χ3n) is 2.54. The van der Waals surface area contributed by atoms with Gasteiger partial charge in [0.1, 0.15) is 5.75 Å². The maximum atomic E-state index is 12.1. The zero-order chi connectivity index (χ0) is 15.4. The Kier molecular flexibility index (Phi) is 5.28. The number of hydrogen-bond acceptors (Lipinski definition) is 3. The SMILES string of the molecule is C[C@@H](Oc1cc(Cl)cc(Cl)c1)C(=O)Nc1cccnc1Cl. The first-order valence-electron chi connectivity index (χ1n) is 6.00. The fourth-order valence-corrected chi connectivity index (χ4v) is 2.24. The zero-order valence-corrected chi connectivity index (χ0v) is 13.2. The number of benzene rings is 1. The van der Waals surface area contributed by atoms with E-state index in [1.54, 1.807) is 37.3 Å². The fraction of sp³-hybridized carbons (Fsp3) is 0.143. The van der Waals surface area contributed by atoms with Crippen molar-refractivity contribution >= 4 is 46.4 Å². The number of nitrogens with zero attached hydrogens (tertiary/aromatic N) is 1. The van der Waals surface area contributed by atoms with Crippen LogP contribution in [0.15, 0.2) is 36.5 Å². The molecule has 2 aromatic rings. The van der Waals surface area contributed by atoms with Gasteiger partial charge in [-0.1, -0.05) is 34.8 Å². The first-order valence-corrected chi connectivity index (χ1v) is 7.13. The molecule has 110 valence electrons. The van der Waals surface area contributed by atoms with Crippen molar-refractivity contribution in [2.24, 2.45) is 0 Å². The summed E-state index contributed by atoms with van der Waals surface area (Å²) in [6.07, 6.45) is 0.780. The Hall–Kier alpha value is -1.49. The normalized spacial score (nSPS) is 11.8. The lowest BCUT2D eigenvalue weighted by molar-refractivity contribution is -0.122. The van der Waals surface area contributed by atoms with E-state index in [-0.39, 0.29) is 11.1 Å². The summed E-state index contributed by atoms with van der Waals surface area (Å²) in [5.74, 6) is 0.0495. The molecule has 1 N–H and O–H groups in total. The molecule has 0 aliphatic rings. The van der Waals surface area contributed by atoms with Gasteiger partial charge in [-0.3, -0.25) is 4.79 Å². The first-order chi connectivity index (χ1) is 9.95. The van der Waals surface area contributed by atoms with E-state index in [9.17, 15) is 4.79 Å². The molecule has 0 saturated carbocycles. The topological polar surface area (TPSA) is 51.2 Å². The predicted molar refractivity (Wildman–Crippen MR) is 84.4 cm³/mol. The minimum absolute atomic E-state index is 0.212. The lowest BCUT2D eigenvalue weighted by Gasteiger charge is -2.15. The summed E-state index contributed by atoms with van der Waals surface area (Å²) in [5, 5.41) is 3.71. The van der Waals surface area contributed by atoms with Crippen LogP contribution >= 0.6 is 34.8 Å². The Morgan fingerprint density at radius 1 is 1.24 bits per heavy atom. The van der Waals surface area contributed by atoms with Crippen molar-refractivity contribution in [2.75, 3.05) is 5.32 Å². The third-order valence-corrected chi connectivity index (χ3v) is 3.27. The van der Waals surface area contributed by atoms with Gasteiger partial charge in [-0.15, -0.1) is 0 Å². The van der Waals surface area contributed by atoms with Gasteiger partial charge in [-0.2, -0.15) is 0 Å². The van der Waals surface area contributed by atoms with E-state index in [4.69, 9.17) is 39.5 Å². The summed E-state index contributed by atoms with van der Waals surface area (Å²) in [6, 6.07) is 8.05. The van der Waals surface area contributed by atoms with Gasteiger partial charge in [0.25, 0.3) is 5.91 Å². The molecule has 1 aromatic carbocycles. The largest absolute Gasteiger partial charge is 0.481 e. The highest BCUT2D eigenvalue weighted by atomic mass is 35.5. The molecule has 0 fully saturated rings. The van der Waals surface area contributed by atoms with Crippen molar-refractivity contribution in [3.8, 4) is 5.75 Å². The average molecular weight is 346 g/mol. The molecule has 1 aromatic heterocycles. The summed E-state index contributed by atoms with van der Waals surface area (Å²) < 4.78 is 5.51. The fourth-order valence-electron chi connectivity index (χ4n) is 1.57. The molecule has 7 heteroatoms. The van der Waals surface area contributed by atoms with E-state index in [1.807, 2.05) is 0 Å². The maximum absolute atomic E-state index is 12.1. The smallest absolute Gasteiger partial charge is 0.265 e. The number of carbonyl (C=O) groups is 1. The number of amides is 1. The molecule has 0 unspecified atom stereocenters. The number of nitrogens with one attached hydrogen (secondary N) is 1. The third kappa shape index (κ3) is 4.49. The van der Waals surface area contributed by atoms with Crippen molar-refractivity contribution in [3.63, 3.8) is 0 Å². The molecule has 4 nitrogen and oxygen atoms in total. The number of halogens is 3. The molecule has 1 amide bonds. The summed E-state index contributed by atoms with van der Waals surface area (Å²) in [7, 11) is 0. The van der Waals surface area contributed by atoms with Crippen LogP contribution in [0.5, 0.6) is 5.75 Å². The molecule has 0 saturated heterocycles. The number of ether oxygens (including phenoxy) is 1. The van der Waals surface area contributed by atoms with Crippen molar-refractivity contribution in [1.82, 2.24) is 4.98 Å². The maximum Gasteiger partial charge on any atom is 0.265 e. The van der Waals surface area contributed by atoms with Crippen LogP contribution in [0.3, 0.4) is 0 Å². The number of anilines is 1. The number of aromatic nitrogens is 1. The molecular weight excluding hydrogens is 335 g/mol. The molecule has 0 bridgehead atoms. The average Bonchev–Trinajstić information content (AvgIpc) is 2.40. The Bertz CT molecular complexity index is 644. The molecule has 0 spiro atoms. The predicted octanol–water partition coefficient (Wildman–Crippen LogP) is 4.45. The van der Waals surface area contributed by atoms with Crippen LogP contribution in [-0.4, -0.2) is 17.0 Å². The van der Waals surface area contributed by atoms with Crippen molar-refractivity contribution in [2.45, 2.75) is 13.0 Å². The number of rotatable bonds is 4. The van der Waals surface area contributed by atoms with Crippen LogP contribution in [0.4, 0.5) is 5.69 Å². The minimum atomic E-state index is -0.754. The van der Waals surface area contributed by atoms with Crippen LogP contribution < -0.4 is 10.1 Å². The number of pyridine rings is 1. The van der Waals surface area contributed by atoms with Crippen molar-refractivity contribution in [3.05, 3.63) is 51.7 Å². The molecule has 2 rings (SSSR count).